The van der Waals surface area contributed by atoms with Gasteiger partial charge >= 0.3 is 0 Å². The van der Waals surface area contributed by atoms with Crippen LogP contribution in [0.3, 0.4) is 0 Å². The smallest absolute Gasteiger partial charge is 0.179 e. The lowest BCUT2D eigenvalue weighted by Crippen LogP contribution is -2.20. The monoisotopic (exact) mass is 229 g/mol. The van der Waals surface area contributed by atoms with E-state index >= 15 is 0 Å². The van der Waals surface area contributed by atoms with Crippen LogP contribution in [-0.4, -0.2) is 19.4 Å². The molecule has 0 aliphatic carbocycles. The zero-order valence-corrected chi connectivity index (χ0v) is 9.49. The number of halogens is 2. The number of Topliss-reactive ketones (excluding diaryl/α,β-unsaturated/α-hetero) is 1. The number of nitrogens with one attached hydrogen (secondary N) is 1. The lowest BCUT2D eigenvalue weighted by molar-refractivity contribution is 0.0989. The Kier molecular flexibility index (Phi) is 4.24. The quantitative estimate of drug-likeness (QED) is 0.804. The number of carbonyl (C=O) groups is 1. The van der Waals surface area contributed by atoms with Gasteiger partial charge in [0, 0.05) is 0 Å². The average Bonchev–Trinajstić information content (AvgIpc) is 2.22. The Morgan fingerprint density at radius 1 is 1.53 bits per heavy atom. The Labute approximate surface area is 93.4 Å². The normalized spacial score (nSPS) is 10.4. The topological polar surface area (TPSA) is 29.1 Å². The maximum absolute atomic E-state index is 13.5. The van der Waals surface area contributed by atoms with Crippen LogP contribution >= 0.6 is 11.6 Å². The molecule has 0 fully saturated rings. The summed E-state index contributed by atoms with van der Waals surface area (Å²) in [6.07, 6.45) is 0.722. The van der Waals surface area contributed by atoms with Gasteiger partial charge in [-0.25, -0.2) is 4.39 Å². The summed E-state index contributed by atoms with van der Waals surface area (Å²) in [5, 5.41) is 2.70. The number of benzene rings is 1. The number of hydrogen-bond donors (Lipinski definition) is 1. The first kappa shape index (κ1) is 12.1. The Bertz CT molecular complexity index is 379. The number of carbonyl (C=O) groups excluding carboxylic acids is 1. The summed E-state index contributed by atoms with van der Waals surface area (Å²) >= 11 is 5.69. The lowest BCUT2D eigenvalue weighted by atomic mass is 10.0. The molecule has 0 aliphatic rings. The van der Waals surface area contributed by atoms with E-state index in [1.54, 1.807) is 19.2 Å². The van der Waals surface area contributed by atoms with Crippen LogP contribution in [0.15, 0.2) is 12.1 Å². The number of hydrogen-bond acceptors (Lipinski definition) is 2. The van der Waals surface area contributed by atoms with E-state index < -0.39 is 5.82 Å². The Hall–Kier alpha value is -0.930. The van der Waals surface area contributed by atoms with E-state index in [9.17, 15) is 9.18 Å². The predicted octanol–water partition coefficient (Wildman–Crippen LogP) is 2.44. The van der Waals surface area contributed by atoms with Crippen molar-refractivity contribution in [2.75, 3.05) is 13.6 Å². The number of aryl methyl sites for hydroxylation is 1. The molecule has 0 atom stereocenters. The van der Waals surface area contributed by atoms with E-state index in [1.165, 1.54) is 0 Å². The average molecular weight is 230 g/mol. The lowest BCUT2D eigenvalue weighted by Gasteiger charge is -2.06. The summed E-state index contributed by atoms with van der Waals surface area (Å²) < 4.78 is 13.5. The van der Waals surface area contributed by atoms with Crippen LogP contribution in [0.25, 0.3) is 0 Å². The molecule has 1 aromatic carbocycles. The fourth-order valence-electron chi connectivity index (χ4n) is 1.31. The molecule has 0 bridgehead atoms. The van der Waals surface area contributed by atoms with E-state index in [1.807, 2.05) is 6.92 Å². The molecule has 1 aromatic rings. The van der Waals surface area contributed by atoms with Gasteiger partial charge < -0.3 is 5.32 Å². The maximum Gasteiger partial charge on any atom is 0.179 e. The van der Waals surface area contributed by atoms with Crippen molar-refractivity contribution in [3.63, 3.8) is 0 Å². The number of ketones is 1. The summed E-state index contributed by atoms with van der Waals surface area (Å²) in [5.74, 6) is -0.915. The molecule has 0 radical (unpaired) electrons. The zero-order valence-electron chi connectivity index (χ0n) is 8.73. The van der Waals surface area contributed by atoms with E-state index in [-0.39, 0.29) is 22.9 Å². The van der Waals surface area contributed by atoms with Gasteiger partial charge in [0.25, 0.3) is 0 Å². The molecule has 0 heterocycles. The van der Waals surface area contributed by atoms with Gasteiger partial charge in [-0.3, -0.25) is 4.79 Å². The fraction of sp³-hybridized carbons (Fsp3) is 0.364. The van der Waals surface area contributed by atoms with Crippen LogP contribution in [0.5, 0.6) is 0 Å². The number of likely N-dealkylation sites (N-methyl/N-ethyl adjacent to an activating group) is 1. The van der Waals surface area contributed by atoms with Crippen molar-refractivity contribution >= 4 is 17.4 Å². The highest BCUT2D eigenvalue weighted by Gasteiger charge is 2.14. The third kappa shape index (κ3) is 2.76. The standard InChI is InChI=1S/C11H13ClFNO/c1-3-7-4-8(10(15)6-14-2)11(13)9(12)5-7/h4-5,14H,3,6H2,1-2H3. The van der Waals surface area contributed by atoms with Crippen molar-refractivity contribution in [3.05, 3.63) is 34.1 Å². The van der Waals surface area contributed by atoms with E-state index in [0.717, 1.165) is 12.0 Å². The highest BCUT2D eigenvalue weighted by atomic mass is 35.5. The minimum absolute atomic E-state index is 0.00815. The fourth-order valence-corrected chi connectivity index (χ4v) is 1.55. The van der Waals surface area contributed by atoms with Crippen molar-refractivity contribution in [2.24, 2.45) is 0 Å². The van der Waals surface area contributed by atoms with Crippen LogP contribution in [0.1, 0.15) is 22.8 Å². The van der Waals surface area contributed by atoms with Gasteiger partial charge in [0.15, 0.2) is 11.6 Å². The summed E-state index contributed by atoms with van der Waals surface area (Å²) in [6, 6.07) is 3.11. The first-order valence-electron chi connectivity index (χ1n) is 4.75. The number of rotatable bonds is 4. The molecule has 0 spiro atoms. The molecule has 0 aliphatic heterocycles. The van der Waals surface area contributed by atoms with Crippen LogP contribution in [0.4, 0.5) is 4.39 Å². The SMILES string of the molecule is CCc1cc(Cl)c(F)c(C(=O)CNC)c1. The predicted molar refractivity (Wildman–Crippen MR) is 59.0 cm³/mol. The van der Waals surface area contributed by atoms with Crippen molar-refractivity contribution in [3.8, 4) is 0 Å². The van der Waals surface area contributed by atoms with Crippen molar-refractivity contribution in [2.45, 2.75) is 13.3 Å². The Morgan fingerprint density at radius 2 is 2.20 bits per heavy atom. The largest absolute Gasteiger partial charge is 0.313 e. The first-order chi connectivity index (χ1) is 7.10. The molecule has 0 saturated carbocycles. The minimum Gasteiger partial charge on any atom is -0.313 e. The van der Waals surface area contributed by atoms with Gasteiger partial charge in [-0.2, -0.15) is 0 Å². The van der Waals surface area contributed by atoms with Crippen LogP contribution in [0, 0.1) is 5.82 Å². The maximum atomic E-state index is 13.5. The van der Waals surface area contributed by atoms with Gasteiger partial charge in [-0.1, -0.05) is 18.5 Å². The molecular weight excluding hydrogens is 217 g/mol. The van der Waals surface area contributed by atoms with Crippen molar-refractivity contribution < 1.29 is 9.18 Å². The highest BCUT2D eigenvalue weighted by molar-refractivity contribution is 6.31. The zero-order chi connectivity index (χ0) is 11.4. The molecule has 15 heavy (non-hydrogen) atoms. The molecule has 1 N–H and O–H groups in total. The van der Waals surface area contributed by atoms with Crippen molar-refractivity contribution in [1.82, 2.24) is 5.32 Å². The molecule has 0 unspecified atom stereocenters. The van der Waals surface area contributed by atoms with E-state index in [4.69, 9.17) is 11.6 Å². The molecule has 82 valence electrons. The van der Waals surface area contributed by atoms with E-state index in [0.29, 0.717) is 0 Å². The second kappa shape index (κ2) is 5.24. The summed E-state index contributed by atoms with van der Waals surface area (Å²) in [6.45, 7) is 2.04. The molecular formula is C11H13ClFNO. The van der Waals surface area contributed by atoms with Crippen LogP contribution < -0.4 is 5.32 Å². The van der Waals surface area contributed by atoms with Gasteiger partial charge in [-0.05, 0) is 31.2 Å². The highest BCUT2D eigenvalue weighted by Crippen LogP contribution is 2.21. The third-order valence-corrected chi connectivity index (χ3v) is 2.41. The minimum atomic E-state index is -0.630. The second-order valence-corrected chi connectivity index (χ2v) is 3.65. The van der Waals surface area contributed by atoms with Crippen molar-refractivity contribution in [1.29, 1.82) is 0 Å². The summed E-state index contributed by atoms with van der Waals surface area (Å²) in [4.78, 5) is 11.5. The van der Waals surface area contributed by atoms with Gasteiger partial charge in [0.05, 0.1) is 17.1 Å². The van der Waals surface area contributed by atoms with E-state index in [2.05, 4.69) is 5.32 Å². The molecule has 4 heteroatoms. The molecule has 1 rings (SSSR count). The van der Waals surface area contributed by atoms with Crippen LogP contribution in [0.2, 0.25) is 5.02 Å². The Balaban J connectivity index is 3.15. The van der Waals surface area contributed by atoms with Gasteiger partial charge in [0.2, 0.25) is 0 Å². The molecule has 0 saturated heterocycles. The first-order valence-corrected chi connectivity index (χ1v) is 5.13. The summed E-state index contributed by atoms with van der Waals surface area (Å²) in [7, 11) is 1.64. The summed E-state index contributed by atoms with van der Waals surface area (Å²) in [5.41, 5.74) is 0.926. The Morgan fingerprint density at radius 3 is 2.73 bits per heavy atom. The molecule has 0 amide bonds. The molecule has 0 aromatic heterocycles. The third-order valence-electron chi connectivity index (χ3n) is 2.13. The van der Waals surface area contributed by atoms with Gasteiger partial charge in [-0.15, -0.1) is 0 Å². The molecule has 2 nitrogen and oxygen atoms in total. The van der Waals surface area contributed by atoms with Gasteiger partial charge in [0.1, 0.15) is 0 Å². The van der Waals surface area contributed by atoms with Crippen LogP contribution in [-0.2, 0) is 6.42 Å². The second-order valence-electron chi connectivity index (χ2n) is 3.25.